The van der Waals surface area contributed by atoms with E-state index >= 15 is 0 Å². The van der Waals surface area contributed by atoms with Gasteiger partial charge in [-0.25, -0.2) is 4.39 Å². The highest BCUT2D eigenvalue weighted by Crippen LogP contribution is 2.26. The van der Waals surface area contributed by atoms with Crippen LogP contribution >= 0.6 is 0 Å². The number of carbonyl (C=O) groups is 1. The second kappa shape index (κ2) is 8.96. The highest BCUT2D eigenvalue weighted by atomic mass is 19.1. The molecule has 0 aliphatic heterocycles. The number of aromatic nitrogens is 1. The Morgan fingerprint density at radius 1 is 0.935 bits per heavy atom. The second-order valence-corrected chi connectivity index (χ2v) is 7.65. The van der Waals surface area contributed by atoms with Gasteiger partial charge in [0.15, 0.2) is 5.76 Å². The lowest BCUT2D eigenvalue weighted by atomic mass is 10.0. The predicted octanol–water partition coefficient (Wildman–Crippen LogP) is 5.94. The van der Waals surface area contributed by atoms with Gasteiger partial charge in [0.25, 0.3) is 5.91 Å². The average Bonchev–Trinajstić information content (AvgIpc) is 3.23. The smallest absolute Gasteiger partial charge is 0.254 e. The molecule has 0 saturated carbocycles. The molecule has 0 fully saturated rings. The highest BCUT2D eigenvalue weighted by molar-refractivity contribution is 5.94. The summed E-state index contributed by atoms with van der Waals surface area (Å²) >= 11 is 0. The fourth-order valence-electron chi connectivity index (χ4n) is 3.57. The molecule has 0 radical (unpaired) electrons. The molecule has 0 atom stereocenters. The molecule has 4 nitrogen and oxygen atoms in total. The van der Waals surface area contributed by atoms with E-state index in [-0.39, 0.29) is 18.3 Å². The highest BCUT2D eigenvalue weighted by Gasteiger charge is 2.19. The zero-order valence-electron chi connectivity index (χ0n) is 17.5. The van der Waals surface area contributed by atoms with Crippen LogP contribution in [-0.2, 0) is 13.1 Å². The third kappa shape index (κ3) is 4.89. The molecule has 0 bridgehead atoms. The van der Waals surface area contributed by atoms with Gasteiger partial charge >= 0.3 is 0 Å². The maximum absolute atomic E-state index is 13.3. The lowest BCUT2D eigenvalue weighted by Crippen LogP contribution is -2.30. The van der Waals surface area contributed by atoms with Crippen molar-refractivity contribution in [2.75, 3.05) is 0 Å². The summed E-state index contributed by atoms with van der Waals surface area (Å²) in [6, 6.07) is 23.3. The number of carbonyl (C=O) groups excluding carboxylic acids is 1. The molecule has 0 aliphatic carbocycles. The first kappa shape index (κ1) is 20.5. The Morgan fingerprint density at radius 2 is 1.68 bits per heavy atom. The Labute approximate surface area is 180 Å². The van der Waals surface area contributed by atoms with Gasteiger partial charge in [0.1, 0.15) is 11.5 Å². The number of halogens is 1. The van der Waals surface area contributed by atoms with E-state index in [9.17, 15) is 9.18 Å². The molecule has 5 heteroatoms. The van der Waals surface area contributed by atoms with Gasteiger partial charge in [0.05, 0.1) is 6.54 Å². The monoisotopic (exact) mass is 414 g/mol. The van der Waals surface area contributed by atoms with Crippen molar-refractivity contribution in [1.29, 1.82) is 0 Å². The average molecular weight is 414 g/mol. The molecule has 0 saturated heterocycles. The first-order valence-corrected chi connectivity index (χ1v) is 10.1. The summed E-state index contributed by atoms with van der Waals surface area (Å²) in [5.41, 5.74) is 5.34. The van der Waals surface area contributed by atoms with Crippen molar-refractivity contribution in [3.8, 4) is 11.3 Å². The van der Waals surface area contributed by atoms with Crippen molar-refractivity contribution < 1.29 is 13.7 Å². The Hall–Kier alpha value is -3.73. The van der Waals surface area contributed by atoms with Crippen molar-refractivity contribution in [2.24, 2.45) is 0 Å². The van der Waals surface area contributed by atoms with Crippen molar-refractivity contribution in [1.82, 2.24) is 10.1 Å². The number of hydrogen-bond acceptors (Lipinski definition) is 3. The Balaban J connectivity index is 1.60. The van der Waals surface area contributed by atoms with Gasteiger partial charge in [-0.3, -0.25) is 4.79 Å². The van der Waals surface area contributed by atoms with Crippen molar-refractivity contribution in [3.63, 3.8) is 0 Å². The van der Waals surface area contributed by atoms with Crippen LogP contribution in [0.4, 0.5) is 4.39 Å². The number of benzene rings is 3. The van der Waals surface area contributed by atoms with Gasteiger partial charge in [-0.05, 0) is 49.2 Å². The van der Waals surface area contributed by atoms with Crippen molar-refractivity contribution in [3.05, 3.63) is 113 Å². The SMILES string of the molecule is Cc1ccc(-c2cc(CN(Cc3ccc(F)cc3)C(=O)c3ccccc3)no2)c(C)c1. The minimum Gasteiger partial charge on any atom is -0.356 e. The second-order valence-electron chi connectivity index (χ2n) is 7.65. The minimum absolute atomic E-state index is 0.124. The molecule has 0 unspecified atom stereocenters. The largest absolute Gasteiger partial charge is 0.356 e. The fourth-order valence-corrected chi connectivity index (χ4v) is 3.57. The molecule has 1 aromatic heterocycles. The van der Waals surface area contributed by atoms with Crippen molar-refractivity contribution >= 4 is 5.91 Å². The summed E-state index contributed by atoms with van der Waals surface area (Å²) in [5, 5.41) is 4.20. The van der Waals surface area contributed by atoms with Gasteiger partial charge in [-0.15, -0.1) is 0 Å². The Bertz CT molecular complexity index is 1180. The quantitative estimate of drug-likeness (QED) is 0.392. The van der Waals surface area contributed by atoms with E-state index in [1.165, 1.54) is 17.7 Å². The van der Waals surface area contributed by atoms with Crippen LogP contribution < -0.4 is 0 Å². The molecular formula is C26H23FN2O2. The van der Waals surface area contributed by atoms with E-state index in [0.717, 1.165) is 16.7 Å². The van der Waals surface area contributed by atoms with Crippen molar-refractivity contribution in [2.45, 2.75) is 26.9 Å². The molecule has 31 heavy (non-hydrogen) atoms. The van der Waals surface area contributed by atoms with E-state index < -0.39 is 0 Å². The summed E-state index contributed by atoms with van der Waals surface area (Å²) in [7, 11) is 0. The van der Waals surface area contributed by atoms with Gasteiger partial charge in [0.2, 0.25) is 0 Å². The standard InChI is InChI=1S/C26H23FN2O2/c1-18-8-13-24(19(2)14-18)25-15-23(28-31-25)17-29(16-20-9-11-22(27)12-10-20)26(30)21-6-4-3-5-7-21/h3-15H,16-17H2,1-2H3. The van der Waals surface area contributed by atoms with E-state index in [2.05, 4.69) is 11.2 Å². The number of aryl methyl sites for hydroxylation is 2. The van der Waals surface area contributed by atoms with E-state index in [0.29, 0.717) is 23.6 Å². The lowest BCUT2D eigenvalue weighted by Gasteiger charge is -2.22. The molecule has 0 spiro atoms. The minimum atomic E-state index is -0.306. The molecule has 156 valence electrons. The lowest BCUT2D eigenvalue weighted by molar-refractivity contribution is 0.0726. The summed E-state index contributed by atoms with van der Waals surface area (Å²) in [6.07, 6.45) is 0. The number of hydrogen-bond donors (Lipinski definition) is 0. The third-order valence-electron chi connectivity index (χ3n) is 5.15. The normalized spacial score (nSPS) is 10.8. The molecule has 4 aromatic rings. The molecule has 0 N–H and O–H groups in total. The van der Waals surface area contributed by atoms with Gasteiger partial charge < -0.3 is 9.42 Å². The van der Waals surface area contributed by atoms with Crippen LogP contribution in [-0.4, -0.2) is 16.0 Å². The van der Waals surface area contributed by atoms with Crippen LogP contribution in [0.2, 0.25) is 0 Å². The fraction of sp³-hybridized carbons (Fsp3) is 0.154. The van der Waals surface area contributed by atoms with E-state index in [1.54, 1.807) is 29.2 Å². The van der Waals surface area contributed by atoms with Crippen LogP contribution in [0.3, 0.4) is 0 Å². The van der Waals surface area contributed by atoms with Crippen LogP contribution in [0.15, 0.2) is 83.4 Å². The summed E-state index contributed by atoms with van der Waals surface area (Å²) in [4.78, 5) is 14.9. The first-order valence-electron chi connectivity index (χ1n) is 10.1. The number of rotatable bonds is 6. The molecule has 4 rings (SSSR count). The maximum Gasteiger partial charge on any atom is 0.254 e. The Kier molecular flexibility index (Phi) is 5.94. The van der Waals surface area contributed by atoms with Crippen LogP contribution in [0.1, 0.15) is 32.7 Å². The zero-order chi connectivity index (χ0) is 21.8. The molecule has 0 aliphatic rings. The predicted molar refractivity (Wildman–Crippen MR) is 118 cm³/mol. The van der Waals surface area contributed by atoms with Gasteiger partial charge in [0, 0.05) is 23.7 Å². The first-order chi connectivity index (χ1) is 15.0. The van der Waals surface area contributed by atoms with Gasteiger partial charge in [-0.2, -0.15) is 0 Å². The summed E-state index contributed by atoms with van der Waals surface area (Å²) in [5.74, 6) is 0.238. The third-order valence-corrected chi connectivity index (χ3v) is 5.15. The summed E-state index contributed by atoms with van der Waals surface area (Å²) < 4.78 is 18.9. The summed E-state index contributed by atoms with van der Waals surface area (Å²) in [6.45, 7) is 4.69. The molecule has 1 heterocycles. The number of amides is 1. The van der Waals surface area contributed by atoms with Gasteiger partial charge in [-0.1, -0.05) is 59.3 Å². The van der Waals surface area contributed by atoms with Crippen LogP contribution in [0, 0.1) is 19.7 Å². The Morgan fingerprint density at radius 3 is 2.39 bits per heavy atom. The number of nitrogens with zero attached hydrogens (tertiary/aromatic N) is 2. The van der Waals surface area contributed by atoms with E-state index in [4.69, 9.17) is 4.52 Å². The molecular weight excluding hydrogens is 391 g/mol. The van der Waals surface area contributed by atoms with Crippen LogP contribution in [0.5, 0.6) is 0 Å². The topological polar surface area (TPSA) is 46.3 Å². The zero-order valence-corrected chi connectivity index (χ0v) is 17.5. The molecule has 3 aromatic carbocycles. The maximum atomic E-state index is 13.3. The van der Waals surface area contributed by atoms with Crippen LogP contribution in [0.25, 0.3) is 11.3 Å². The van der Waals surface area contributed by atoms with E-state index in [1.807, 2.05) is 50.2 Å². The molecule has 1 amide bonds.